The molecule has 0 aliphatic heterocycles. The lowest BCUT2D eigenvalue weighted by molar-refractivity contribution is 0.976. The van der Waals surface area contributed by atoms with Gasteiger partial charge in [-0.1, -0.05) is 35.5 Å². The van der Waals surface area contributed by atoms with Crippen molar-refractivity contribution in [1.29, 1.82) is 0 Å². The van der Waals surface area contributed by atoms with E-state index in [0.717, 1.165) is 27.0 Å². The number of anilines is 1. The maximum atomic E-state index is 5.82. The molecule has 0 fully saturated rings. The number of nitrogens with one attached hydrogen (secondary N) is 1. The summed E-state index contributed by atoms with van der Waals surface area (Å²) < 4.78 is 0.570. The topological polar surface area (TPSA) is 50.7 Å². The number of aromatic nitrogens is 3. The van der Waals surface area contributed by atoms with E-state index in [1.807, 2.05) is 24.5 Å². The van der Waals surface area contributed by atoms with Gasteiger partial charge in [0, 0.05) is 28.5 Å². The standard InChI is InChI=1S/C15H13ClN4S2/c1-21-15-17-7-6-13(20-15)10-2-4-11(5-3-10)18-8-12-9-19-14(16)22-12/h2-7,9,18H,8H2,1H3. The van der Waals surface area contributed by atoms with Gasteiger partial charge in [-0.05, 0) is 24.5 Å². The fraction of sp³-hybridized carbons (Fsp3) is 0.133. The van der Waals surface area contributed by atoms with E-state index < -0.39 is 0 Å². The second kappa shape index (κ2) is 7.09. The molecule has 0 atom stereocenters. The van der Waals surface area contributed by atoms with Crippen molar-refractivity contribution >= 4 is 40.4 Å². The van der Waals surface area contributed by atoms with Gasteiger partial charge in [0.15, 0.2) is 9.62 Å². The maximum absolute atomic E-state index is 5.82. The van der Waals surface area contributed by atoms with Crippen LogP contribution in [0.3, 0.4) is 0 Å². The van der Waals surface area contributed by atoms with Crippen molar-refractivity contribution in [2.75, 3.05) is 11.6 Å². The van der Waals surface area contributed by atoms with Crippen molar-refractivity contribution in [3.63, 3.8) is 0 Å². The average Bonchev–Trinajstić information content (AvgIpc) is 2.99. The third-order valence-corrected chi connectivity index (χ3v) is 4.67. The largest absolute Gasteiger partial charge is 0.380 e. The number of hydrogen-bond donors (Lipinski definition) is 1. The molecule has 0 saturated carbocycles. The molecule has 3 rings (SSSR count). The van der Waals surface area contributed by atoms with Gasteiger partial charge in [-0.2, -0.15) is 0 Å². The maximum Gasteiger partial charge on any atom is 0.187 e. The summed E-state index contributed by atoms with van der Waals surface area (Å²) in [6.45, 7) is 0.716. The van der Waals surface area contributed by atoms with Gasteiger partial charge in [0.1, 0.15) is 0 Å². The van der Waals surface area contributed by atoms with Gasteiger partial charge in [0.25, 0.3) is 0 Å². The van der Waals surface area contributed by atoms with E-state index in [0.29, 0.717) is 11.0 Å². The molecule has 22 heavy (non-hydrogen) atoms. The third-order valence-electron chi connectivity index (χ3n) is 2.99. The Kier molecular flexibility index (Phi) is 4.92. The minimum atomic E-state index is 0.570. The Morgan fingerprint density at radius 2 is 2.00 bits per heavy atom. The van der Waals surface area contributed by atoms with Crippen molar-refractivity contribution in [1.82, 2.24) is 15.0 Å². The molecule has 112 valence electrons. The van der Waals surface area contributed by atoms with Crippen LogP contribution in [0.25, 0.3) is 11.3 Å². The first-order valence-electron chi connectivity index (χ1n) is 6.56. The summed E-state index contributed by atoms with van der Waals surface area (Å²) in [7, 11) is 0. The van der Waals surface area contributed by atoms with E-state index in [-0.39, 0.29) is 0 Å². The summed E-state index contributed by atoms with van der Waals surface area (Å²) in [5.41, 5.74) is 3.05. The molecule has 1 aromatic carbocycles. The van der Waals surface area contributed by atoms with Crippen molar-refractivity contribution in [3.05, 3.63) is 52.1 Å². The molecule has 4 nitrogen and oxygen atoms in total. The number of thiazole rings is 1. The molecule has 0 spiro atoms. The Morgan fingerprint density at radius 3 is 2.68 bits per heavy atom. The minimum Gasteiger partial charge on any atom is -0.380 e. The number of thioether (sulfide) groups is 1. The zero-order valence-electron chi connectivity index (χ0n) is 11.8. The first-order chi connectivity index (χ1) is 10.7. The van der Waals surface area contributed by atoms with Gasteiger partial charge in [-0.3, -0.25) is 0 Å². The van der Waals surface area contributed by atoms with Crippen LogP contribution in [-0.2, 0) is 6.54 Å². The molecule has 7 heteroatoms. The molecule has 2 heterocycles. The van der Waals surface area contributed by atoms with Gasteiger partial charge in [0.2, 0.25) is 0 Å². The number of rotatable bonds is 5. The van der Waals surface area contributed by atoms with Crippen LogP contribution in [0, 0.1) is 0 Å². The van der Waals surface area contributed by atoms with E-state index in [1.54, 1.807) is 12.4 Å². The highest BCUT2D eigenvalue weighted by atomic mass is 35.5. The van der Waals surface area contributed by atoms with Crippen LogP contribution < -0.4 is 5.32 Å². The summed E-state index contributed by atoms with van der Waals surface area (Å²) >= 11 is 8.84. The van der Waals surface area contributed by atoms with Crippen molar-refractivity contribution in [2.45, 2.75) is 11.7 Å². The highest BCUT2D eigenvalue weighted by molar-refractivity contribution is 7.98. The first kappa shape index (κ1) is 15.3. The van der Waals surface area contributed by atoms with E-state index in [1.165, 1.54) is 23.1 Å². The number of nitrogens with zero attached hydrogens (tertiary/aromatic N) is 3. The van der Waals surface area contributed by atoms with E-state index in [9.17, 15) is 0 Å². The fourth-order valence-electron chi connectivity index (χ4n) is 1.91. The summed E-state index contributed by atoms with van der Waals surface area (Å²) in [4.78, 5) is 13.8. The predicted octanol–water partition coefficient (Wildman–Crippen LogP) is 4.59. The van der Waals surface area contributed by atoms with Crippen LogP contribution in [0.1, 0.15) is 4.88 Å². The zero-order chi connectivity index (χ0) is 15.4. The van der Waals surface area contributed by atoms with Gasteiger partial charge in [0.05, 0.1) is 12.2 Å². The lowest BCUT2D eigenvalue weighted by atomic mass is 10.1. The quantitative estimate of drug-likeness (QED) is 0.540. The van der Waals surface area contributed by atoms with Gasteiger partial charge in [-0.15, -0.1) is 11.3 Å². The molecular weight excluding hydrogens is 336 g/mol. The Hall–Kier alpha value is -1.63. The molecule has 0 aliphatic rings. The Labute approximate surface area is 142 Å². The van der Waals surface area contributed by atoms with Crippen LogP contribution in [0.15, 0.2) is 47.9 Å². The van der Waals surface area contributed by atoms with Crippen molar-refractivity contribution in [2.24, 2.45) is 0 Å². The summed E-state index contributed by atoms with van der Waals surface area (Å²) in [5.74, 6) is 0. The molecular formula is C15H13ClN4S2. The van der Waals surface area contributed by atoms with E-state index in [2.05, 4.69) is 32.4 Å². The Morgan fingerprint density at radius 1 is 1.18 bits per heavy atom. The molecule has 0 amide bonds. The van der Waals surface area contributed by atoms with Gasteiger partial charge >= 0.3 is 0 Å². The van der Waals surface area contributed by atoms with Crippen LogP contribution in [0.4, 0.5) is 5.69 Å². The summed E-state index contributed by atoms with van der Waals surface area (Å²) in [6, 6.07) is 10.1. The minimum absolute atomic E-state index is 0.570. The molecule has 1 N–H and O–H groups in total. The molecule has 0 radical (unpaired) electrons. The lowest BCUT2D eigenvalue weighted by Crippen LogP contribution is -1.97. The van der Waals surface area contributed by atoms with Crippen LogP contribution >= 0.6 is 34.7 Å². The Bertz CT molecular complexity index is 758. The summed E-state index contributed by atoms with van der Waals surface area (Å²) in [6.07, 6.45) is 5.55. The second-order valence-electron chi connectivity index (χ2n) is 4.44. The highest BCUT2D eigenvalue weighted by Gasteiger charge is 2.03. The molecule has 2 aromatic heterocycles. The number of benzene rings is 1. The van der Waals surface area contributed by atoms with Crippen molar-refractivity contribution < 1.29 is 0 Å². The van der Waals surface area contributed by atoms with Gasteiger partial charge < -0.3 is 5.32 Å². The highest BCUT2D eigenvalue weighted by Crippen LogP contribution is 2.22. The lowest BCUT2D eigenvalue weighted by Gasteiger charge is -2.06. The zero-order valence-corrected chi connectivity index (χ0v) is 14.2. The first-order valence-corrected chi connectivity index (χ1v) is 8.98. The summed E-state index contributed by atoms with van der Waals surface area (Å²) in [5, 5.41) is 4.13. The molecule has 0 bridgehead atoms. The number of hydrogen-bond acceptors (Lipinski definition) is 6. The van der Waals surface area contributed by atoms with Crippen LogP contribution in [0.2, 0.25) is 4.47 Å². The Balaban J connectivity index is 1.69. The normalized spacial score (nSPS) is 10.6. The molecule has 0 aliphatic carbocycles. The number of halogens is 1. The van der Waals surface area contributed by atoms with Crippen LogP contribution in [-0.4, -0.2) is 21.2 Å². The van der Waals surface area contributed by atoms with E-state index in [4.69, 9.17) is 11.6 Å². The fourth-order valence-corrected chi connectivity index (χ4v) is 3.19. The van der Waals surface area contributed by atoms with Crippen LogP contribution in [0.5, 0.6) is 0 Å². The van der Waals surface area contributed by atoms with E-state index >= 15 is 0 Å². The smallest absolute Gasteiger partial charge is 0.187 e. The SMILES string of the molecule is CSc1nccc(-c2ccc(NCc3cnc(Cl)s3)cc2)n1. The molecule has 3 aromatic rings. The average molecular weight is 349 g/mol. The van der Waals surface area contributed by atoms with Crippen molar-refractivity contribution in [3.8, 4) is 11.3 Å². The molecule has 0 unspecified atom stereocenters. The van der Waals surface area contributed by atoms with Gasteiger partial charge in [-0.25, -0.2) is 15.0 Å². The third kappa shape index (κ3) is 3.76. The molecule has 0 saturated heterocycles. The predicted molar refractivity (Wildman–Crippen MR) is 93.7 cm³/mol. The monoisotopic (exact) mass is 348 g/mol. The second-order valence-corrected chi connectivity index (χ2v) is 6.91.